The molecule has 4 saturated heterocycles. The molecular weight excluding hydrogens is 328 g/mol. The molecule has 4 aliphatic heterocycles. The average Bonchev–Trinajstić information content (AvgIpc) is 3.32. The van der Waals surface area contributed by atoms with Crippen LogP contribution < -0.4 is 16.1 Å². The molecule has 4 heterocycles. The predicted molar refractivity (Wildman–Crippen MR) is 103 cm³/mol. The van der Waals surface area contributed by atoms with E-state index < -0.39 is 0 Å². The van der Waals surface area contributed by atoms with Gasteiger partial charge in [-0.15, -0.1) is 0 Å². The first-order chi connectivity index (χ1) is 12.6. The molecule has 0 aromatic rings. The molecule has 0 amide bonds. The molecule has 5 atom stereocenters. The smallest absolute Gasteiger partial charge is 0.146 e. The fourth-order valence-electron chi connectivity index (χ4n) is 5.32. The summed E-state index contributed by atoms with van der Waals surface area (Å²) in [6.07, 6.45) is 8.52. The van der Waals surface area contributed by atoms with Crippen LogP contribution in [0.4, 0.5) is 0 Å². The first-order valence-electron chi connectivity index (χ1n) is 10.6. The number of hydrogen-bond donors (Lipinski definition) is 3. The minimum atomic E-state index is 0.133. The highest BCUT2D eigenvalue weighted by atomic mass is 16.7. The summed E-state index contributed by atoms with van der Waals surface area (Å²) in [5.74, 6) is 0.592. The van der Waals surface area contributed by atoms with E-state index in [1.54, 1.807) is 0 Å². The van der Waals surface area contributed by atoms with Gasteiger partial charge in [0, 0.05) is 18.5 Å². The van der Waals surface area contributed by atoms with Crippen LogP contribution in [-0.2, 0) is 4.84 Å². The summed E-state index contributed by atoms with van der Waals surface area (Å²) in [7, 11) is 6.55. The predicted octanol–water partition coefficient (Wildman–Crippen LogP) is 0.209. The maximum absolute atomic E-state index is 6.07. The van der Waals surface area contributed by atoms with E-state index >= 15 is 0 Å². The summed E-state index contributed by atoms with van der Waals surface area (Å²) < 4.78 is 0. The maximum atomic E-state index is 6.07. The van der Waals surface area contributed by atoms with Crippen molar-refractivity contribution in [1.82, 2.24) is 30.8 Å². The van der Waals surface area contributed by atoms with Gasteiger partial charge in [0.2, 0.25) is 0 Å². The van der Waals surface area contributed by atoms with Gasteiger partial charge in [0.15, 0.2) is 0 Å². The summed E-state index contributed by atoms with van der Waals surface area (Å²) in [5.41, 5.74) is 3.33. The van der Waals surface area contributed by atoms with E-state index in [1.165, 1.54) is 58.2 Å². The monoisotopic (exact) mass is 366 g/mol. The number of hydroxylamine groups is 1. The SMILES string of the molecule is CN1CCC(N2CCC[C@H]2C2NC(C3CCC(N(C)C)NC3)NO2)CC1. The number of nitrogens with one attached hydrogen (secondary N) is 3. The molecule has 0 aliphatic carbocycles. The van der Waals surface area contributed by atoms with E-state index in [4.69, 9.17) is 4.84 Å². The maximum Gasteiger partial charge on any atom is 0.146 e. The molecule has 150 valence electrons. The van der Waals surface area contributed by atoms with Crippen LogP contribution in [0.1, 0.15) is 38.5 Å². The zero-order chi connectivity index (χ0) is 18.1. The fourth-order valence-corrected chi connectivity index (χ4v) is 5.32. The summed E-state index contributed by atoms with van der Waals surface area (Å²) in [6, 6.07) is 1.26. The first kappa shape index (κ1) is 19.1. The normalized spacial score (nSPS) is 41.3. The van der Waals surface area contributed by atoms with Crippen LogP contribution in [0, 0.1) is 5.92 Å². The zero-order valence-corrected chi connectivity index (χ0v) is 16.8. The number of likely N-dealkylation sites (tertiary alicyclic amines) is 2. The molecular formula is C19H38N6O. The molecule has 4 unspecified atom stereocenters. The fraction of sp³-hybridized carbons (Fsp3) is 1.00. The van der Waals surface area contributed by atoms with Crippen LogP contribution in [0.25, 0.3) is 0 Å². The number of rotatable bonds is 4. The van der Waals surface area contributed by atoms with Crippen LogP contribution in [0.15, 0.2) is 0 Å². The van der Waals surface area contributed by atoms with E-state index in [1.807, 2.05) is 0 Å². The van der Waals surface area contributed by atoms with Crippen LogP contribution in [0.5, 0.6) is 0 Å². The van der Waals surface area contributed by atoms with Gasteiger partial charge in [0.25, 0.3) is 0 Å². The van der Waals surface area contributed by atoms with Crippen molar-refractivity contribution in [1.29, 1.82) is 0 Å². The van der Waals surface area contributed by atoms with Gasteiger partial charge in [-0.25, -0.2) is 0 Å². The molecule has 0 radical (unpaired) electrons. The number of piperidine rings is 2. The van der Waals surface area contributed by atoms with Gasteiger partial charge in [0.05, 0.1) is 18.4 Å². The van der Waals surface area contributed by atoms with E-state index in [2.05, 4.69) is 52.0 Å². The Morgan fingerprint density at radius 1 is 1.00 bits per heavy atom. The second-order valence-electron chi connectivity index (χ2n) is 9.01. The Kier molecular flexibility index (Phi) is 6.15. The molecule has 0 aromatic carbocycles. The molecule has 4 rings (SSSR count). The van der Waals surface area contributed by atoms with E-state index in [-0.39, 0.29) is 12.4 Å². The third kappa shape index (κ3) is 4.09. The lowest BCUT2D eigenvalue weighted by atomic mass is 9.94. The quantitative estimate of drug-likeness (QED) is 0.658. The van der Waals surface area contributed by atoms with Gasteiger partial charge >= 0.3 is 0 Å². The van der Waals surface area contributed by atoms with Crippen molar-refractivity contribution in [3.63, 3.8) is 0 Å². The van der Waals surface area contributed by atoms with Crippen molar-refractivity contribution in [2.45, 2.75) is 69.2 Å². The van der Waals surface area contributed by atoms with Gasteiger partial charge in [-0.2, -0.15) is 5.48 Å². The molecule has 4 aliphatic rings. The average molecular weight is 367 g/mol. The van der Waals surface area contributed by atoms with E-state index in [0.717, 1.165) is 12.6 Å². The van der Waals surface area contributed by atoms with Gasteiger partial charge in [-0.3, -0.25) is 20.0 Å². The van der Waals surface area contributed by atoms with Crippen molar-refractivity contribution < 1.29 is 4.84 Å². The van der Waals surface area contributed by atoms with E-state index in [9.17, 15) is 0 Å². The molecule has 26 heavy (non-hydrogen) atoms. The Balaban J connectivity index is 1.29. The lowest BCUT2D eigenvalue weighted by molar-refractivity contribution is -0.0373. The number of nitrogens with zero attached hydrogens (tertiary/aromatic N) is 3. The van der Waals surface area contributed by atoms with Crippen molar-refractivity contribution in [3.05, 3.63) is 0 Å². The Labute approximate surface area is 158 Å². The minimum absolute atomic E-state index is 0.133. The van der Waals surface area contributed by atoms with Gasteiger partial charge in [-0.1, -0.05) is 0 Å². The molecule has 4 fully saturated rings. The summed E-state index contributed by atoms with van der Waals surface area (Å²) in [4.78, 5) is 13.6. The highest BCUT2D eigenvalue weighted by Gasteiger charge is 2.42. The summed E-state index contributed by atoms with van der Waals surface area (Å²) in [5, 5.41) is 7.46. The first-order valence-corrected chi connectivity index (χ1v) is 10.6. The van der Waals surface area contributed by atoms with Gasteiger partial charge in [-0.05, 0) is 79.3 Å². The van der Waals surface area contributed by atoms with Crippen molar-refractivity contribution >= 4 is 0 Å². The molecule has 0 bridgehead atoms. The molecule has 7 nitrogen and oxygen atoms in total. The summed E-state index contributed by atoms with van der Waals surface area (Å²) in [6.45, 7) is 4.75. The largest absolute Gasteiger partial charge is 0.306 e. The number of hydrogen-bond acceptors (Lipinski definition) is 7. The van der Waals surface area contributed by atoms with Crippen LogP contribution in [-0.4, -0.2) is 92.7 Å². The van der Waals surface area contributed by atoms with Crippen molar-refractivity contribution in [3.8, 4) is 0 Å². The van der Waals surface area contributed by atoms with Crippen molar-refractivity contribution in [2.24, 2.45) is 5.92 Å². The third-order valence-corrected chi connectivity index (χ3v) is 7.04. The highest BCUT2D eigenvalue weighted by molar-refractivity contribution is 4.94. The third-order valence-electron chi connectivity index (χ3n) is 7.04. The molecule has 0 saturated carbocycles. The lowest BCUT2D eigenvalue weighted by Crippen LogP contribution is -2.55. The van der Waals surface area contributed by atoms with Crippen LogP contribution in [0.3, 0.4) is 0 Å². The van der Waals surface area contributed by atoms with Gasteiger partial charge in [0.1, 0.15) is 6.23 Å². The Morgan fingerprint density at radius 3 is 2.50 bits per heavy atom. The topological polar surface area (TPSA) is 55.0 Å². The molecule has 0 spiro atoms. The molecule has 7 heteroatoms. The van der Waals surface area contributed by atoms with Crippen LogP contribution >= 0.6 is 0 Å². The Hall–Kier alpha value is -0.280. The van der Waals surface area contributed by atoms with E-state index in [0.29, 0.717) is 18.1 Å². The Bertz CT molecular complexity index is 447. The second-order valence-corrected chi connectivity index (χ2v) is 9.01. The van der Waals surface area contributed by atoms with Crippen LogP contribution in [0.2, 0.25) is 0 Å². The zero-order valence-electron chi connectivity index (χ0n) is 16.8. The van der Waals surface area contributed by atoms with Gasteiger partial charge < -0.3 is 10.2 Å². The van der Waals surface area contributed by atoms with Crippen molar-refractivity contribution in [2.75, 3.05) is 47.3 Å². The lowest BCUT2D eigenvalue weighted by Gasteiger charge is -2.39. The molecule has 3 N–H and O–H groups in total. The Morgan fingerprint density at radius 2 is 1.81 bits per heavy atom. The minimum Gasteiger partial charge on any atom is -0.306 e. The standard InChI is InChI=1S/C19H38N6O/c1-23(2)17-7-6-14(13-20-17)18-21-19(26-22-18)16-5-4-10-25(16)15-8-11-24(3)12-9-15/h14-22H,4-13H2,1-3H3/t14?,16-,17?,18?,19?/m0/s1. The second kappa shape index (κ2) is 8.39. The summed E-state index contributed by atoms with van der Waals surface area (Å²) >= 11 is 0. The molecule has 0 aromatic heterocycles. The highest BCUT2D eigenvalue weighted by Crippen LogP contribution is 2.30.